The Morgan fingerprint density at radius 2 is 2.28 bits per heavy atom. The Morgan fingerprint density at radius 3 is 3.06 bits per heavy atom. The number of benzene rings is 1. The van der Waals surface area contributed by atoms with Gasteiger partial charge >= 0.3 is 0 Å². The van der Waals surface area contributed by atoms with E-state index < -0.39 is 0 Å². The first-order chi connectivity index (χ1) is 8.66. The Kier molecular flexibility index (Phi) is 5.22. The summed E-state index contributed by atoms with van der Waals surface area (Å²) >= 11 is 3.53. The summed E-state index contributed by atoms with van der Waals surface area (Å²) < 4.78 is 6.73. The molecule has 0 heterocycles. The summed E-state index contributed by atoms with van der Waals surface area (Å²) in [4.78, 5) is 0. The molecule has 2 nitrogen and oxygen atoms in total. The van der Waals surface area contributed by atoms with Crippen molar-refractivity contribution in [2.75, 3.05) is 13.2 Å². The summed E-state index contributed by atoms with van der Waals surface area (Å²) in [7, 11) is 0. The number of ether oxygens (including phenoxy) is 1. The second kappa shape index (κ2) is 6.69. The van der Waals surface area contributed by atoms with Crippen molar-refractivity contribution >= 4 is 15.9 Å². The van der Waals surface area contributed by atoms with Crippen molar-refractivity contribution in [3.05, 3.63) is 33.8 Å². The Balaban J connectivity index is 1.76. The molecule has 1 atom stereocenters. The molecule has 1 aliphatic rings. The van der Waals surface area contributed by atoms with E-state index in [4.69, 9.17) is 4.74 Å². The van der Waals surface area contributed by atoms with Gasteiger partial charge in [-0.1, -0.05) is 22.0 Å². The van der Waals surface area contributed by atoms with Crippen LogP contribution in [0.4, 0.5) is 0 Å². The molecule has 0 spiro atoms. The molecule has 2 rings (SSSR count). The van der Waals surface area contributed by atoms with Gasteiger partial charge in [0.25, 0.3) is 0 Å². The minimum atomic E-state index is 0.342. The second-order valence-electron chi connectivity index (χ2n) is 5.16. The van der Waals surface area contributed by atoms with E-state index in [1.54, 1.807) is 0 Å². The molecule has 0 amide bonds. The van der Waals surface area contributed by atoms with Gasteiger partial charge in [-0.3, -0.25) is 0 Å². The number of aryl methyl sites for hydroxylation is 1. The maximum atomic E-state index is 5.55. The zero-order valence-corrected chi connectivity index (χ0v) is 12.8. The van der Waals surface area contributed by atoms with Gasteiger partial charge in [-0.15, -0.1) is 0 Å². The molecule has 100 valence electrons. The number of rotatable bonds is 6. The molecule has 0 aliphatic heterocycles. The van der Waals surface area contributed by atoms with Crippen LogP contribution in [0, 0.1) is 0 Å². The van der Waals surface area contributed by atoms with Crippen LogP contribution in [0.15, 0.2) is 22.7 Å². The molecule has 3 heteroatoms. The lowest BCUT2D eigenvalue weighted by atomic mass is 10.1. The highest BCUT2D eigenvalue weighted by Crippen LogP contribution is 2.32. The first-order valence-electron chi connectivity index (χ1n) is 6.80. The third-order valence-corrected chi connectivity index (χ3v) is 3.84. The third kappa shape index (κ3) is 3.81. The van der Waals surface area contributed by atoms with Crippen molar-refractivity contribution in [1.29, 1.82) is 0 Å². The van der Waals surface area contributed by atoms with Crippen molar-refractivity contribution in [3.63, 3.8) is 0 Å². The van der Waals surface area contributed by atoms with Crippen LogP contribution in [-0.2, 0) is 11.2 Å². The minimum Gasteiger partial charge on any atom is -0.379 e. The average Bonchev–Trinajstić information content (AvgIpc) is 2.70. The highest BCUT2D eigenvalue weighted by Gasteiger charge is 2.21. The average molecular weight is 312 g/mol. The molecule has 1 N–H and O–H groups in total. The lowest BCUT2D eigenvalue weighted by Gasteiger charge is -2.14. The topological polar surface area (TPSA) is 21.3 Å². The first kappa shape index (κ1) is 14.0. The lowest BCUT2D eigenvalue weighted by Crippen LogP contribution is -2.22. The Hall–Kier alpha value is -0.380. The van der Waals surface area contributed by atoms with Crippen molar-refractivity contribution < 1.29 is 4.74 Å². The van der Waals surface area contributed by atoms with E-state index >= 15 is 0 Å². The highest BCUT2D eigenvalue weighted by molar-refractivity contribution is 9.10. The number of fused-ring (bicyclic) bond motifs is 1. The van der Waals surface area contributed by atoms with Gasteiger partial charge in [-0.25, -0.2) is 0 Å². The molecule has 18 heavy (non-hydrogen) atoms. The van der Waals surface area contributed by atoms with Crippen LogP contribution in [0.25, 0.3) is 0 Å². The summed E-state index contributed by atoms with van der Waals surface area (Å²) in [6.07, 6.45) is 3.83. The van der Waals surface area contributed by atoms with E-state index in [9.17, 15) is 0 Å². The van der Waals surface area contributed by atoms with Crippen molar-refractivity contribution in [2.45, 2.75) is 45.3 Å². The lowest BCUT2D eigenvalue weighted by molar-refractivity contribution is 0.0767. The van der Waals surface area contributed by atoms with E-state index in [0.717, 1.165) is 19.6 Å². The van der Waals surface area contributed by atoms with Crippen LogP contribution in [0.2, 0.25) is 0 Å². The van der Waals surface area contributed by atoms with E-state index in [1.807, 2.05) is 0 Å². The van der Waals surface area contributed by atoms with Crippen LogP contribution in [0.3, 0.4) is 0 Å². The molecule has 1 unspecified atom stereocenters. The standard InChI is InChI=1S/C15H22BrNO/c1-11(2)18-9-3-8-17-15-7-4-12-10-13(16)5-6-14(12)15/h5-6,10-11,15,17H,3-4,7-9H2,1-2H3. The van der Waals surface area contributed by atoms with Gasteiger partial charge in [0.2, 0.25) is 0 Å². The Morgan fingerprint density at radius 1 is 1.44 bits per heavy atom. The summed E-state index contributed by atoms with van der Waals surface area (Å²) in [5, 5.41) is 3.64. The van der Waals surface area contributed by atoms with Gasteiger partial charge in [0.1, 0.15) is 0 Å². The number of hydrogen-bond donors (Lipinski definition) is 1. The second-order valence-corrected chi connectivity index (χ2v) is 6.08. The third-order valence-electron chi connectivity index (χ3n) is 3.35. The number of nitrogens with one attached hydrogen (secondary N) is 1. The van der Waals surface area contributed by atoms with Gasteiger partial charge in [0, 0.05) is 17.1 Å². The van der Waals surface area contributed by atoms with E-state index in [0.29, 0.717) is 12.1 Å². The monoisotopic (exact) mass is 311 g/mol. The van der Waals surface area contributed by atoms with Crippen LogP contribution in [-0.4, -0.2) is 19.3 Å². The van der Waals surface area contributed by atoms with E-state index in [2.05, 4.69) is 53.3 Å². The van der Waals surface area contributed by atoms with Crippen LogP contribution in [0.5, 0.6) is 0 Å². The summed E-state index contributed by atoms with van der Waals surface area (Å²) in [6.45, 7) is 6.05. The van der Waals surface area contributed by atoms with Crippen LogP contribution < -0.4 is 5.32 Å². The van der Waals surface area contributed by atoms with Gasteiger partial charge in [-0.05, 0) is 62.9 Å². The van der Waals surface area contributed by atoms with Gasteiger partial charge < -0.3 is 10.1 Å². The quantitative estimate of drug-likeness (QED) is 0.806. The van der Waals surface area contributed by atoms with Crippen molar-refractivity contribution in [2.24, 2.45) is 0 Å². The van der Waals surface area contributed by atoms with E-state index in [-0.39, 0.29) is 0 Å². The largest absolute Gasteiger partial charge is 0.379 e. The van der Waals surface area contributed by atoms with Gasteiger partial charge in [-0.2, -0.15) is 0 Å². The summed E-state index contributed by atoms with van der Waals surface area (Å²) in [5.41, 5.74) is 2.96. The van der Waals surface area contributed by atoms with E-state index in [1.165, 1.54) is 28.4 Å². The maximum Gasteiger partial charge on any atom is 0.0518 e. The molecule has 0 saturated carbocycles. The predicted molar refractivity (Wildman–Crippen MR) is 78.9 cm³/mol. The molecular weight excluding hydrogens is 290 g/mol. The fourth-order valence-corrected chi connectivity index (χ4v) is 2.87. The number of hydrogen-bond acceptors (Lipinski definition) is 2. The normalized spacial score (nSPS) is 18.3. The zero-order valence-electron chi connectivity index (χ0n) is 11.2. The summed E-state index contributed by atoms with van der Waals surface area (Å²) in [5.74, 6) is 0. The molecule has 0 radical (unpaired) electrons. The molecular formula is C15H22BrNO. The Bertz CT molecular complexity index is 392. The maximum absolute atomic E-state index is 5.55. The molecule has 1 aliphatic carbocycles. The Labute approximate surface area is 118 Å². The smallest absolute Gasteiger partial charge is 0.0518 e. The fraction of sp³-hybridized carbons (Fsp3) is 0.600. The highest BCUT2D eigenvalue weighted by atomic mass is 79.9. The SMILES string of the molecule is CC(C)OCCCNC1CCc2cc(Br)ccc21. The van der Waals surface area contributed by atoms with Crippen LogP contribution in [0.1, 0.15) is 43.9 Å². The summed E-state index contributed by atoms with van der Waals surface area (Å²) in [6, 6.07) is 7.17. The molecule has 0 saturated heterocycles. The van der Waals surface area contributed by atoms with Gasteiger partial charge in [0.15, 0.2) is 0 Å². The zero-order chi connectivity index (χ0) is 13.0. The van der Waals surface area contributed by atoms with Crippen molar-refractivity contribution in [1.82, 2.24) is 5.32 Å². The molecule has 0 bridgehead atoms. The first-order valence-corrected chi connectivity index (χ1v) is 7.59. The fourth-order valence-electron chi connectivity index (χ4n) is 2.47. The number of halogens is 1. The molecule has 1 aromatic rings. The predicted octanol–water partition coefficient (Wildman–Crippen LogP) is 3.84. The van der Waals surface area contributed by atoms with Gasteiger partial charge in [0.05, 0.1) is 6.10 Å². The minimum absolute atomic E-state index is 0.342. The molecule has 0 aromatic heterocycles. The van der Waals surface area contributed by atoms with Crippen molar-refractivity contribution in [3.8, 4) is 0 Å². The van der Waals surface area contributed by atoms with Crippen LogP contribution >= 0.6 is 15.9 Å². The molecule has 1 aromatic carbocycles. The molecule has 0 fully saturated rings.